The molecule has 2 saturated heterocycles. The number of rotatable bonds is 5. The summed E-state index contributed by atoms with van der Waals surface area (Å²) in [6, 6.07) is 7.28. The molecule has 0 unspecified atom stereocenters. The molecule has 6 nitrogen and oxygen atoms in total. The predicted octanol–water partition coefficient (Wildman–Crippen LogP) is 2.77. The Labute approximate surface area is 153 Å². The molecule has 1 aromatic carbocycles. The topological polar surface area (TPSA) is 65.1 Å². The average Bonchev–Trinajstić information content (AvgIpc) is 2.59. The van der Waals surface area contributed by atoms with Crippen LogP contribution < -0.4 is 4.74 Å². The highest BCUT2D eigenvalue weighted by Crippen LogP contribution is 2.25. The third kappa shape index (κ3) is 4.85. The summed E-state index contributed by atoms with van der Waals surface area (Å²) in [5.41, 5.74) is 0.568. The number of nitrogens with zero attached hydrogens (tertiary/aromatic N) is 1. The highest BCUT2D eigenvalue weighted by molar-refractivity contribution is 6.18. The van der Waals surface area contributed by atoms with E-state index >= 15 is 0 Å². The summed E-state index contributed by atoms with van der Waals surface area (Å²) in [5, 5.41) is 0. The van der Waals surface area contributed by atoms with Crippen molar-refractivity contribution in [1.82, 2.24) is 4.90 Å². The van der Waals surface area contributed by atoms with Crippen LogP contribution in [0.5, 0.6) is 5.75 Å². The standard InChI is InChI=1S/C20H25NO5/c1-20(2)25-18(22)17(19(23)26-20)14-15-7-6-8-16(13-15)24-12-11-21-9-4-3-5-10-21/h6-8,13-14H,3-5,9-12H2,1-2H3. The van der Waals surface area contributed by atoms with Crippen LogP contribution in [-0.4, -0.2) is 48.9 Å². The second-order valence-corrected chi connectivity index (χ2v) is 7.06. The summed E-state index contributed by atoms with van der Waals surface area (Å²) in [5.74, 6) is -1.88. The fraction of sp³-hybridized carbons (Fsp3) is 0.500. The molecule has 3 rings (SSSR count). The maximum Gasteiger partial charge on any atom is 0.348 e. The van der Waals surface area contributed by atoms with Crippen LogP contribution in [0.15, 0.2) is 29.8 Å². The molecule has 0 atom stereocenters. The van der Waals surface area contributed by atoms with Gasteiger partial charge in [0.15, 0.2) is 0 Å². The molecule has 0 saturated carbocycles. The first-order valence-electron chi connectivity index (χ1n) is 9.06. The molecule has 6 heteroatoms. The molecule has 0 radical (unpaired) electrons. The smallest absolute Gasteiger partial charge is 0.348 e. The second kappa shape index (κ2) is 7.91. The molecule has 140 valence electrons. The van der Waals surface area contributed by atoms with Crippen LogP contribution in [-0.2, 0) is 19.1 Å². The van der Waals surface area contributed by atoms with Gasteiger partial charge >= 0.3 is 11.9 Å². The molecule has 0 spiro atoms. The molecule has 1 aromatic rings. The number of benzene rings is 1. The van der Waals surface area contributed by atoms with Crippen molar-refractivity contribution in [3.8, 4) is 5.75 Å². The van der Waals surface area contributed by atoms with Gasteiger partial charge < -0.3 is 14.2 Å². The van der Waals surface area contributed by atoms with Gasteiger partial charge in [-0.1, -0.05) is 18.6 Å². The third-order valence-corrected chi connectivity index (χ3v) is 4.41. The van der Waals surface area contributed by atoms with E-state index in [0.29, 0.717) is 17.9 Å². The Bertz CT molecular complexity index is 682. The van der Waals surface area contributed by atoms with Gasteiger partial charge in [-0.25, -0.2) is 9.59 Å². The Hall–Kier alpha value is -2.34. The van der Waals surface area contributed by atoms with E-state index in [1.807, 2.05) is 12.1 Å². The van der Waals surface area contributed by atoms with E-state index in [1.54, 1.807) is 12.1 Å². The van der Waals surface area contributed by atoms with Gasteiger partial charge in [0, 0.05) is 20.4 Å². The number of hydrogen-bond acceptors (Lipinski definition) is 6. The van der Waals surface area contributed by atoms with Gasteiger partial charge in [0.1, 0.15) is 17.9 Å². The maximum absolute atomic E-state index is 12.0. The summed E-state index contributed by atoms with van der Waals surface area (Å²) in [4.78, 5) is 26.5. The van der Waals surface area contributed by atoms with E-state index in [9.17, 15) is 9.59 Å². The van der Waals surface area contributed by atoms with Crippen molar-refractivity contribution in [3.63, 3.8) is 0 Å². The minimum Gasteiger partial charge on any atom is -0.492 e. The van der Waals surface area contributed by atoms with E-state index in [0.717, 1.165) is 19.6 Å². The molecular weight excluding hydrogens is 334 g/mol. The predicted molar refractivity (Wildman–Crippen MR) is 96.5 cm³/mol. The van der Waals surface area contributed by atoms with Crippen molar-refractivity contribution in [2.24, 2.45) is 0 Å². The van der Waals surface area contributed by atoms with Gasteiger partial charge in [-0.2, -0.15) is 0 Å². The van der Waals surface area contributed by atoms with Gasteiger partial charge in [0.05, 0.1) is 0 Å². The minimum absolute atomic E-state index is 0.116. The van der Waals surface area contributed by atoms with Gasteiger partial charge in [0.25, 0.3) is 5.79 Å². The molecule has 0 aromatic heterocycles. The quantitative estimate of drug-likeness (QED) is 0.458. The lowest BCUT2D eigenvalue weighted by Gasteiger charge is -2.29. The van der Waals surface area contributed by atoms with Gasteiger partial charge in [0.2, 0.25) is 0 Å². The van der Waals surface area contributed by atoms with Gasteiger partial charge in [-0.3, -0.25) is 4.90 Å². The lowest BCUT2D eigenvalue weighted by atomic mass is 10.1. The van der Waals surface area contributed by atoms with Gasteiger partial charge in [-0.15, -0.1) is 0 Å². The number of likely N-dealkylation sites (tertiary alicyclic amines) is 1. The Morgan fingerprint density at radius 3 is 2.50 bits per heavy atom. The lowest BCUT2D eigenvalue weighted by Crippen LogP contribution is -2.41. The molecule has 0 amide bonds. The number of piperidine rings is 1. The van der Waals surface area contributed by atoms with Crippen LogP contribution >= 0.6 is 0 Å². The molecule has 0 N–H and O–H groups in total. The number of cyclic esters (lactones) is 2. The Balaban J connectivity index is 1.61. The molecule has 2 heterocycles. The van der Waals surface area contributed by atoms with Crippen molar-refractivity contribution in [2.45, 2.75) is 38.9 Å². The summed E-state index contributed by atoms with van der Waals surface area (Å²) in [6.45, 7) is 6.83. The number of carbonyl (C=O) groups is 2. The molecule has 26 heavy (non-hydrogen) atoms. The number of ether oxygens (including phenoxy) is 3. The van der Waals surface area contributed by atoms with Gasteiger partial charge in [-0.05, 0) is 49.7 Å². The highest BCUT2D eigenvalue weighted by Gasteiger charge is 2.38. The SMILES string of the molecule is CC1(C)OC(=O)C(=Cc2cccc(OCCN3CCCCC3)c2)C(=O)O1. The summed E-state index contributed by atoms with van der Waals surface area (Å²) < 4.78 is 16.0. The van der Waals surface area contributed by atoms with Crippen molar-refractivity contribution in [3.05, 3.63) is 35.4 Å². The zero-order valence-corrected chi connectivity index (χ0v) is 15.3. The molecular formula is C20H25NO5. The number of carbonyl (C=O) groups excluding carboxylic acids is 2. The number of hydrogen-bond donors (Lipinski definition) is 0. The van der Waals surface area contributed by atoms with Crippen molar-refractivity contribution in [1.29, 1.82) is 0 Å². The van der Waals surface area contributed by atoms with Crippen molar-refractivity contribution >= 4 is 18.0 Å². The second-order valence-electron chi connectivity index (χ2n) is 7.06. The van der Waals surface area contributed by atoms with E-state index in [1.165, 1.54) is 39.2 Å². The van der Waals surface area contributed by atoms with Crippen molar-refractivity contribution in [2.75, 3.05) is 26.2 Å². The summed E-state index contributed by atoms with van der Waals surface area (Å²) >= 11 is 0. The lowest BCUT2D eigenvalue weighted by molar-refractivity contribution is -0.222. The molecule has 2 fully saturated rings. The van der Waals surface area contributed by atoms with E-state index in [4.69, 9.17) is 14.2 Å². The van der Waals surface area contributed by atoms with Crippen LogP contribution in [0.25, 0.3) is 6.08 Å². The van der Waals surface area contributed by atoms with E-state index in [-0.39, 0.29) is 5.57 Å². The maximum atomic E-state index is 12.0. The first kappa shape index (κ1) is 18.5. The van der Waals surface area contributed by atoms with Crippen LogP contribution in [0.2, 0.25) is 0 Å². The fourth-order valence-electron chi connectivity index (χ4n) is 3.11. The fourth-order valence-corrected chi connectivity index (χ4v) is 3.11. The van der Waals surface area contributed by atoms with E-state index in [2.05, 4.69) is 4.90 Å². The largest absolute Gasteiger partial charge is 0.492 e. The zero-order chi connectivity index (χ0) is 18.6. The first-order valence-corrected chi connectivity index (χ1v) is 9.06. The van der Waals surface area contributed by atoms with Crippen LogP contribution in [0.4, 0.5) is 0 Å². The van der Waals surface area contributed by atoms with Crippen LogP contribution in [0.1, 0.15) is 38.7 Å². The number of esters is 2. The van der Waals surface area contributed by atoms with Crippen LogP contribution in [0.3, 0.4) is 0 Å². The zero-order valence-electron chi connectivity index (χ0n) is 15.3. The highest BCUT2D eigenvalue weighted by atomic mass is 16.7. The first-order chi connectivity index (χ1) is 12.4. The van der Waals surface area contributed by atoms with Crippen LogP contribution in [0, 0.1) is 0 Å². The average molecular weight is 359 g/mol. The monoisotopic (exact) mass is 359 g/mol. The van der Waals surface area contributed by atoms with E-state index < -0.39 is 17.7 Å². The Morgan fingerprint density at radius 1 is 1.12 bits per heavy atom. The Morgan fingerprint density at radius 2 is 1.81 bits per heavy atom. The molecule has 0 aliphatic carbocycles. The summed E-state index contributed by atoms with van der Waals surface area (Å²) in [6.07, 6.45) is 5.30. The Kier molecular flexibility index (Phi) is 5.61. The molecule has 2 aliphatic heterocycles. The summed E-state index contributed by atoms with van der Waals surface area (Å²) in [7, 11) is 0. The normalized spacial score (nSPS) is 20.3. The molecule has 0 bridgehead atoms. The minimum atomic E-state index is -1.23. The third-order valence-electron chi connectivity index (χ3n) is 4.41. The van der Waals surface area contributed by atoms with Crippen molar-refractivity contribution < 1.29 is 23.8 Å². The molecule has 2 aliphatic rings.